The predicted molar refractivity (Wildman–Crippen MR) is 63.0 cm³/mol. The Morgan fingerprint density at radius 1 is 1.53 bits per heavy atom. The normalized spacial score (nSPS) is 16.1. The molecular formula is C12H19N3. The molecule has 1 aliphatic rings. The number of hydrogen-bond donors (Lipinski definition) is 1. The third kappa shape index (κ3) is 2.12. The molecule has 0 radical (unpaired) electrons. The van der Waals surface area contributed by atoms with Crippen LogP contribution in [0.25, 0.3) is 0 Å². The third-order valence-corrected chi connectivity index (χ3v) is 3.25. The van der Waals surface area contributed by atoms with E-state index in [0.29, 0.717) is 0 Å². The van der Waals surface area contributed by atoms with Crippen molar-refractivity contribution in [3.8, 4) is 0 Å². The van der Waals surface area contributed by atoms with Crippen molar-refractivity contribution in [2.24, 2.45) is 0 Å². The van der Waals surface area contributed by atoms with Gasteiger partial charge in [0.2, 0.25) is 0 Å². The summed E-state index contributed by atoms with van der Waals surface area (Å²) in [4.78, 5) is 6.58. The summed E-state index contributed by atoms with van der Waals surface area (Å²) < 4.78 is 0. The Hall–Kier alpha value is -1.09. The average molecular weight is 205 g/mol. The van der Waals surface area contributed by atoms with Crippen molar-refractivity contribution in [2.45, 2.75) is 31.8 Å². The first-order valence-electron chi connectivity index (χ1n) is 5.63. The zero-order valence-electron chi connectivity index (χ0n) is 9.53. The van der Waals surface area contributed by atoms with Crippen molar-refractivity contribution in [1.29, 1.82) is 0 Å². The summed E-state index contributed by atoms with van der Waals surface area (Å²) in [6, 6.07) is 2.85. The molecule has 0 atom stereocenters. The summed E-state index contributed by atoms with van der Waals surface area (Å²) in [6.07, 6.45) is 7.88. The topological polar surface area (TPSA) is 28.2 Å². The molecule has 3 heteroatoms. The van der Waals surface area contributed by atoms with Gasteiger partial charge < -0.3 is 10.2 Å². The minimum atomic E-state index is 0.739. The van der Waals surface area contributed by atoms with E-state index in [2.05, 4.69) is 28.3 Å². The van der Waals surface area contributed by atoms with Crippen LogP contribution < -0.4 is 10.2 Å². The van der Waals surface area contributed by atoms with Crippen molar-refractivity contribution in [3.63, 3.8) is 0 Å². The molecule has 0 spiro atoms. The molecule has 0 bridgehead atoms. The molecule has 1 fully saturated rings. The van der Waals surface area contributed by atoms with Gasteiger partial charge in [-0.1, -0.05) is 0 Å². The van der Waals surface area contributed by atoms with Crippen LogP contribution in [0.4, 0.5) is 5.69 Å². The Morgan fingerprint density at radius 3 is 2.93 bits per heavy atom. The van der Waals surface area contributed by atoms with E-state index in [9.17, 15) is 0 Å². The Labute approximate surface area is 91.5 Å². The maximum atomic E-state index is 4.18. The first-order chi connectivity index (χ1) is 7.33. The van der Waals surface area contributed by atoms with Gasteiger partial charge in [-0.25, -0.2) is 0 Å². The summed E-state index contributed by atoms with van der Waals surface area (Å²) in [6.45, 7) is 0.889. The number of nitrogens with one attached hydrogen (secondary N) is 1. The van der Waals surface area contributed by atoms with Gasteiger partial charge in [-0.15, -0.1) is 0 Å². The molecule has 1 aliphatic carbocycles. The van der Waals surface area contributed by atoms with E-state index in [4.69, 9.17) is 0 Å². The van der Waals surface area contributed by atoms with Gasteiger partial charge in [0.05, 0.1) is 0 Å². The van der Waals surface area contributed by atoms with E-state index < -0.39 is 0 Å². The summed E-state index contributed by atoms with van der Waals surface area (Å²) in [5.41, 5.74) is 2.61. The predicted octanol–water partition coefficient (Wildman–Crippen LogP) is 1.79. The Morgan fingerprint density at radius 2 is 2.33 bits per heavy atom. The molecule has 1 N–H and O–H groups in total. The van der Waals surface area contributed by atoms with Gasteiger partial charge in [0, 0.05) is 43.3 Å². The van der Waals surface area contributed by atoms with Gasteiger partial charge in [-0.2, -0.15) is 0 Å². The van der Waals surface area contributed by atoms with Gasteiger partial charge in [0.1, 0.15) is 0 Å². The molecule has 0 aliphatic heterocycles. The van der Waals surface area contributed by atoms with Crippen molar-refractivity contribution < 1.29 is 0 Å². The molecule has 15 heavy (non-hydrogen) atoms. The Kier molecular flexibility index (Phi) is 3.21. The molecule has 0 saturated heterocycles. The molecule has 82 valence electrons. The van der Waals surface area contributed by atoms with Crippen molar-refractivity contribution in [3.05, 3.63) is 24.0 Å². The molecule has 1 aromatic heterocycles. The van der Waals surface area contributed by atoms with Crippen molar-refractivity contribution in [1.82, 2.24) is 10.3 Å². The fraction of sp³-hybridized carbons (Fsp3) is 0.583. The lowest BCUT2D eigenvalue weighted by molar-refractivity contribution is 0.400. The fourth-order valence-corrected chi connectivity index (χ4v) is 2.06. The summed E-state index contributed by atoms with van der Waals surface area (Å²) in [5, 5.41) is 3.19. The minimum Gasteiger partial charge on any atom is -0.371 e. The largest absolute Gasteiger partial charge is 0.371 e. The highest BCUT2D eigenvalue weighted by molar-refractivity contribution is 5.52. The second-order valence-corrected chi connectivity index (χ2v) is 4.23. The van der Waals surface area contributed by atoms with Gasteiger partial charge in [-0.05, 0) is 32.4 Å². The highest BCUT2D eigenvalue weighted by atomic mass is 15.1. The molecule has 3 nitrogen and oxygen atoms in total. The van der Waals surface area contributed by atoms with Crippen LogP contribution in [0, 0.1) is 0 Å². The first kappa shape index (κ1) is 10.4. The van der Waals surface area contributed by atoms with Crippen LogP contribution in [-0.2, 0) is 6.54 Å². The fourth-order valence-electron chi connectivity index (χ4n) is 2.06. The van der Waals surface area contributed by atoms with Crippen LogP contribution in [0.5, 0.6) is 0 Å². The zero-order chi connectivity index (χ0) is 10.7. The highest BCUT2D eigenvalue weighted by Crippen LogP contribution is 2.29. The third-order valence-electron chi connectivity index (χ3n) is 3.25. The Balaban J connectivity index is 2.17. The lowest BCUT2D eigenvalue weighted by Gasteiger charge is -2.37. The minimum absolute atomic E-state index is 0.739. The van der Waals surface area contributed by atoms with E-state index >= 15 is 0 Å². The summed E-state index contributed by atoms with van der Waals surface area (Å²) >= 11 is 0. The van der Waals surface area contributed by atoms with Crippen LogP contribution in [0.3, 0.4) is 0 Å². The van der Waals surface area contributed by atoms with Crippen molar-refractivity contribution >= 4 is 5.69 Å². The number of hydrogen-bond acceptors (Lipinski definition) is 3. The maximum absolute atomic E-state index is 4.18. The van der Waals surface area contributed by atoms with Crippen LogP contribution >= 0.6 is 0 Å². The number of pyridine rings is 1. The zero-order valence-corrected chi connectivity index (χ0v) is 9.53. The SMILES string of the molecule is CNCc1cnccc1N(C)C1CCC1. The van der Waals surface area contributed by atoms with Crippen LogP contribution in [0.1, 0.15) is 24.8 Å². The average Bonchev–Trinajstić information content (AvgIpc) is 2.16. The molecular weight excluding hydrogens is 186 g/mol. The van der Waals surface area contributed by atoms with Crippen LogP contribution in [0.2, 0.25) is 0 Å². The lowest BCUT2D eigenvalue weighted by Crippen LogP contribution is -2.37. The number of anilines is 1. The second kappa shape index (κ2) is 4.62. The quantitative estimate of drug-likeness (QED) is 0.812. The van der Waals surface area contributed by atoms with Gasteiger partial charge in [-0.3, -0.25) is 4.98 Å². The molecule has 0 aromatic carbocycles. The van der Waals surface area contributed by atoms with Gasteiger partial charge >= 0.3 is 0 Å². The van der Waals surface area contributed by atoms with Crippen LogP contribution in [0.15, 0.2) is 18.5 Å². The molecule has 1 saturated carbocycles. The molecule has 0 unspecified atom stereocenters. The monoisotopic (exact) mass is 205 g/mol. The second-order valence-electron chi connectivity index (χ2n) is 4.23. The number of rotatable bonds is 4. The molecule has 0 amide bonds. The molecule has 1 heterocycles. The van der Waals surface area contributed by atoms with E-state index in [1.807, 2.05) is 19.4 Å². The number of nitrogens with zero attached hydrogens (tertiary/aromatic N) is 2. The highest BCUT2D eigenvalue weighted by Gasteiger charge is 2.23. The van der Waals surface area contributed by atoms with E-state index in [-0.39, 0.29) is 0 Å². The van der Waals surface area contributed by atoms with E-state index in [1.54, 1.807) is 0 Å². The summed E-state index contributed by atoms with van der Waals surface area (Å²) in [5.74, 6) is 0. The maximum Gasteiger partial charge on any atom is 0.0442 e. The lowest BCUT2D eigenvalue weighted by atomic mass is 9.91. The number of aromatic nitrogens is 1. The van der Waals surface area contributed by atoms with Crippen LogP contribution in [-0.4, -0.2) is 25.1 Å². The Bertz CT molecular complexity index is 320. The molecule has 1 aromatic rings. The first-order valence-corrected chi connectivity index (χ1v) is 5.63. The summed E-state index contributed by atoms with van der Waals surface area (Å²) in [7, 11) is 4.17. The smallest absolute Gasteiger partial charge is 0.0442 e. The van der Waals surface area contributed by atoms with E-state index in [0.717, 1.165) is 12.6 Å². The van der Waals surface area contributed by atoms with E-state index in [1.165, 1.54) is 30.5 Å². The van der Waals surface area contributed by atoms with Crippen molar-refractivity contribution in [2.75, 3.05) is 19.0 Å². The van der Waals surface area contributed by atoms with Gasteiger partial charge in [0.25, 0.3) is 0 Å². The molecule has 2 rings (SSSR count). The standard InChI is InChI=1S/C12H19N3/c1-13-8-10-9-14-7-6-12(10)15(2)11-4-3-5-11/h6-7,9,11,13H,3-5,8H2,1-2H3. The van der Waals surface area contributed by atoms with Gasteiger partial charge in [0.15, 0.2) is 0 Å².